The Balaban J connectivity index is 0.886. The lowest BCUT2D eigenvalue weighted by Crippen LogP contribution is -2.68. The zero-order valence-corrected chi connectivity index (χ0v) is 56.9. The Bertz CT molecular complexity index is 4220. The molecule has 10 aromatic rings. The monoisotopic (exact) mass is 1380 g/mol. The van der Waals surface area contributed by atoms with Crippen molar-refractivity contribution < 1.29 is 74.2 Å². The van der Waals surface area contributed by atoms with Crippen LogP contribution >= 0.6 is 0 Å². The summed E-state index contributed by atoms with van der Waals surface area (Å²) in [5, 5.41) is 2.21. The van der Waals surface area contributed by atoms with Crippen LogP contribution in [0.1, 0.15) is 64.1 Å². The van der Waals surface area contributed by atoms with Crippen LogP contribution in [0.5, 0.6) is 0 Å². The molecule has 524 valence electrons. The van der Waals surface area contributed by atoms with Crippen molar-refractivity contribution in [2.45, 2.75) is 152 Å². The molecule has 3 aliphatic heterocycles. The van der Waals surface area contributed by atoms with Gasteiger partial charge in [-0.1, -0.05) is 256 Å². The van der Waals surface area contributed by atoms with Crippen molar-refractivity contribution >= 4 is 21.1 Å². The van der Waals surface area contributed by atoms with Crippen molar-refractivity contribution in [3.8, 4) is 0 Å². The SMILES string of the molecule is C[C@@H]1C[C@@H](OCc2ccc3ccccc3c2)[C@H](O[C@H]2O[C@H](COCc3ccccc3)[C@@H](O[C@@H]3O[C@@H]4CO[C@@H](c5ccccc5)O[C@H]4[C@H](OCc4ccccc4)[C@H]3OS(=O)(=O)n3ccnc3)[C@H](OCc3ccccc3)[C@H]2OCc2ccccc2)[C@H](OCc2ccccc2)[C@H]1OCc1ccccc1. The third-order valence-electron chi connectivity index (χ3n) is 18.8. The van der Waals surface area contributed by atoms with E-state index in [0.717, 1.165) is 65.6 Å². The summed E-state index contributed by atoms with van der Waals surface area (Å²) in [5.41, 5.74) is 7.07. The van der Waals surface area contributed by atoms with Gasteiger partial charge in [-0.05, 0) is 68.1 Å². The number of aromatic nitrogens is 2. The van der Waals surface area contributed by atoms with E-state index in [1.807, 2.05) is 212 Å². The summed E-state index contributed by atoms with van der Waals surface area (Å²) < 4.78 is 131. The molecule has 0 spiro atoms. The van der Waals surface area contributed by atoms with Crippen LogP contribution in [0.4, 0.5) is 0 Å². The lowest BCUT2D eigenvalue weighted by Gasteiger charge is -2.52. The highest BCUT2D eigenvalue weighted by Crippen LogP contribution is 2.43. The molecule has 18 nitrogen and oxygen atoms in total. The summed E-state index contributed by atoms with van der Waals surface area (Å²) in [6.45, 7) is 3.12. The number of fused-ring (bicyclic) bond motifs is 2. The molecule has 0 unspecified atom stereocenters. The van der Waals surface area contributed by atoms with E-state index in [-0.39, 0.29) is 58.8 Å². The molecule has 1 saturated carbocycles. The minimum absolute atomic E-state index is 0.0125. The van der Waals surface area contributed by atoms with E-state index >= 15 is 0 Å². The van der Waals surface area contributed by atoms with Crippen LogP contribution in [0.2, 0.25) is 0 Å². The Morgan fingerprint density at radius 2 is 0.901 bits per heavy atom. The molecular weight excluding hydrogens is 1300 g/mol. The molecule has 4 heterocycles. The largest absolute Gasteiger partial charge is 0.374 e. The molecule has 0 radical (unpaired) electrons. The number of benzene rings is 9. The molecule has 1 aromatic heterocycles. The van der Waals surface area contributed by atoms with Crippen LogP contribution in [-0.2, 0) is 122 Å². The van der Waals surface area contributed by atoms with Crippen molar-refractivity contribution in [2.24, 2.45) is 5.92 Å². The second kappa shape index (κ2) is 34.2. The maximum Gasteiger partial charge on any atom is 0.367 e. The third-order valence-corrected chi connectivity index (χ3v) is 20.0. The van der Waals surface area contributed by atoms with Crippen molar-refractivity contribution in [1.29, 1.82) is 0 Å². The molecule has 4 aliphatic rings. The number of imidazole rings is 1. The summed E-state index contributed by atoms with van der Waals surface area (Å²) in [5.74, 6) is -0.107. The standard InChI is InChI=1S/C82H84N2O16S/c1-57-45-68(88-53-64-41-42-65-37-23-24-40-67(65)46-64)72(75(90-49-60-29-13-4-14-30-60)71(57)89-48-59-27-11-3-12-28-59)98-81-78(93-52-63-35-19-7-20-36-63)76(91-50-61-31-15-5-16-32-61)73(69(95-81)54-87-47-58-25-9-2-10-26-58)99-82-79(100-101(85,86)84-44-43-83-56-84)77(92-51-62-33-17-6-18-34-62)74-70(96-82)55-94-80(97-74)66-38-21-8-22-39-66/h2-44,46,56-57,68-82H,45,47-55H2,1H3/t57-,68-,69-,70-,71+,72+,73-,74-,75-,76+,77+,78-,79-,80-,81-,82+/m1/s1. The van der Waals surface area contributed by atoms with E-state index in [9.17, 15) is 8.42 Å². The van der Waals surface area contributed by atoms with Gasteiger partial charge in [0.25, 0.3) is 0 Å². The normalized spacial score (nSPS) is 26.8. The Labute approximate surface area is 590 Å². The second-order valence-corrected chi connectivity index (χ2v) is 27.4. The van der Waals surface area contributed by atoms with Crippen molar-refractivity contribution in [2.75, 3.05) is 13.2 Å². The molecule has 0 N–H and O–H groups in total. The molecule has 4 fully saturated rings. The molecule has 101 heavy (non-hydrogen) atoms. The van der Waals surface area contributed by atoms with E-state index in [2.05, 4.69) is 54.4 Å². The van der Waals surface area contributed by atoms with Gasteiger partial charge in [-0.2, -0.15) is 8.42 Å². The maximum absolute atomic E-state index is 14.9. The van der Waals surface area contributed by atoms with Crippen LogP contribution in [-0.4, -0.2) is 116 Å². The molecule has 9 aromatic carbocycles. The van der Waals surface area contributed by atoms with Gasteiger partial charge in [0.15, 0.2) is 25.0 Å². The quantitative estimate of drug-likeness (QED) is 0.0414. The summed E-state index contributed by atoms with van der Waals surface area (Å²) >= 11 is 0. The van der Waals surface area contributed by atoms with E-state index in [0.29, 0.717) is 13.0 Å². The fourth-order valence-electron chi connectivity index (χ4n) is 13.6. The van der Waals surface area contributed by atoms with Crippen molar-refractivity contribution in [3.05, 3.63) is 318 Å². The van der Waals surface area contributed by atoms with Gasteiger partial charge in [0.05, 0.1) is 71.7 Å². The number of rotatable bonds is 30. The minimum Gasteiger partial charge on any atom is -0.374 e. The number of ether oxygens (including phenoxy) is 13. The summed E-state index contributed by atoms with van der Waals surface area (Å²) in [6.07, 6.45) is -11.7. The van der Waals surface area contributed by atoms with Gasteiger partial charge >= 0.3 is 10.3 Å². The molecule has 14 rings (SSSR count). The van der Waals surface area contributed by atoms with Crippen molar-refractivity contribution in [1.82, 2.24) is 8.96 Å². The van der Waals surface area contributed by atoms with Crippen LogP contribution in [0, 0.1) is 5.92 Å². The van der Waals surface area contributed by atoms with Crippen LogP contribution in [0.25, 0.3) is 10.8 Å². The maximum atomic E-state index is 14.9. The zero-order chi connectivity index (χ0) is 68.6. The Morgan fingerprint density at radius 1 is 0.436 bits per heavy atom. The molecule has 1 aliphatic carbocycles. The van der Waals surface area contributed by atoms with E-state index in [4.69, 9.17) is 65.8 Å². The molecule has 16 atom stereocenters. The summed E-state index contributed by atoms with van der Waals surface area (Å²) in [4.78, 5) is 4.08. The average Bonchev–Trinajstić information content (AvgIpc) is 1.09. The Morgan fingerprint density at radius 3 is 1.46 bits per heavy atom. The lowest BCUT2D eigenvalue weighted by molar-refractivity contribution is -0.396. The van der Waals surface area contributed by atoms with Crippen LogP contribution in [0.15, 0.2) is 274 Å². The first-order valence-electron chi connectivity index (χ1n) is 34.6. The fourth-order valence-corrected chi connectivity index (χ4v) is 14.6. The van der Waals surface area contributed by atoms with Crippen LogP contribution in [0.3, 0.4) is 0 Å². The smallest absolute Gasteiger partial charge is 0.367 e. The summed E-state index contributed by atoms with van der Waals surface area (Å²) in [6, 6.07) is 83.2. The van der Waals surface area contributed by atoms with Crippen molar-refractivity contribution in [3.63, 3.8) is 0 Å². The van der Waals surface area contributed by atoms with Crippen LogP contribution < -0.4 is 0 Å². The predicted octanol–water partition coefficient (Wildman–Crippen LogP) is 13.6. The van der Waals surface area contributed by atoms with Gasteiger partial charge in [-0.15, -0.1) is 0 Å². The van der Waals surface area contributed by atoms with Gasteiger partial charge in [-0.3, -0.25) is 0 Å². The highest BCUT2D eigenvalue weighted by molar-refractivity contribution is 7.85. The average molecular weight is 1390 g/mol. The van der Waals surface area contributed by atoms with Gasteiger partial charge in [0, 0.05) is 18.0 Å². The van der Waals surface area contributed by atoms with E-state index < -0.39 is 102 Å². The first-order valence-corrected chi connectivity index (χ1v) is 35.9. The Kier molecular flexibility index (Phi) is 23.7. The topological polar surface area (TPSA) is 181 Å². The lowest BCUT2D eigenvalue weighted by atomic mass is 9.81. The third kappa shape index (κ3) is 18.0. The van der Waals surface area contributed by atoms with E-state index in [1.165, 1.54) is 12.4 Å². The first kappa shape index (κ1) is 69.9. The fraction of sp³-hybridized carbons (Fsp3) is 0.329. The minimum atomic E-state index is -4.74. The van der Waals surface area contributed by atoms with Gasteiger partial charge < -0.3 is 61.6 Å². The number of hydrogen-bond acceptors (Lipinski definition) is 17. The van der Waals surface area contributed by atoms with E-state index in [1.54, 1.807) is 0 Å². The zero-order valence-electron chi connectivity index (χ0n) is 56.1. The predicted molar refractivity (Wildman–Crippen MR) is 376 cm³/mol. The first-order chi connectivity index (χ1) is 49.7. The Hall–Kier alpha value is -8.16. The highest BCUT2D eigenvalue weighted by Gasteiger charge is 2.58. The summed E-state index contributed by atoms with van der Waals surface area (Å²) in [7, 11) is -4.74. The highest BCUT2D eigenvalue weighted by atomic mass is 32.2. The molecule has 3 saturated heterocycles. The molecule has 0 bridgehead atoms. The number of nitrogens with zero attached hydrogens (tertiary/aromatic N) is 2. The van der Waals surface area contributed by atoms with Gasteiger partial charge in [-0.25, -0.2) is 13.1 Å². The van der Waals surface area contributed by atoms with Gasteiger partial charge in [0.1, 0.15) is 61.3 Å². The van der Waals surface area contributed by atoms with Gasteiger partial charge in [0.2, 0.25) is 0 Å². The molecular formula is C82H84N2O16S. The molecule has 0 amide bonds. The second-order valence-electron chi connectivity index (χ2n) is 25.9. The number of hydrogen-bond donors (Lipinski definition) is 0. The molecule has 19 heteroatoms.